The number of aromatic nitrogens is 8. The zero-order chi connectivity index (χ0) is 47.1. The van der Waals surface area contributed by atoms with E-state index in [0.717, 1.165) is 99.5 Å². The molecule has 0 bridgehead atoms. The van der Waals surface area contributed by atoms with Crippen LogP contribution in [0.3, 0.4) is 0 Å². The summed E-state index contributed by atoms with van der Waals surface area (Å²) in [6.07, 6.45) is 6.84. The third kappa shape index (κ3) is 5.88. The lowest BCUT2D eigenvalue weighted by atomic mass is 9.94. The Bertz CT molecular complexity index is 3740. The lowest BCUT2D eigenvalue weighted by Crippen LogP contribution is -2.48. The molecule has 1 aliphatic rings. The standard InChI is InChI=1S/C53H30F6N8S2/c1-25-35(23-37(68-25)27-11-15-29(16-12-27)49-64-45-31-7-3-19-60-41(31)42-32(46(45)65-49)8-4-20-61-42)39-40(52(56,57)53(58,59)51(39,54)55)36-24-38(69-26(36)2)28-13-17-30(18-14-28)50-66-47-33-9-5-21-62-43(33)44-34(48(47)67-50)10-6-22-63-44/h3-24H,1-2H3,(H,64,65)(H,66,67). The number of fused-ring (bicyclic) bond motifs is 12. The van der Waals surface area contributed by atoms with Gasteiger partial charge < -0.3 is 9.97 Å². The van der Waals surface area contributed by atoms with Gasteiger partial charge >= 0.3 is 17.8 Å². The Morgan fingerprint density at radius 1 is 0.420 bits per heavy atom. The smallest absolute Gasteiger partial charge is 0.337 e. The minimum absolute atomic E-state index is 0.191. The number of imidazole rings is 2. The fourth-order valence-corrected chi connectivity index (χ4v) is 11.8. The number of aryl methyl sites for hydroxylation is 2. The van der Waals surface area contributed by atoms with Crippen molar-refractivity contribution in [1.29, 1.82) is 0 Å². The Morgan fingerprint density at radius 3 is 1.13 bits per heavy atom. The zero-order valence-electron chi connectivity index (χ0n) is 36.0. The minimum Gasteiger partial charge on any atom is -0.337 e. The molecule has 8 aromatic heterocycles. The molecule has 0 amide bonds. The number of nitrogens with one attached hydrogen (secondary N) is 2. The Morgan fingerprint density at radius 2 is 0.754 bits per heavy atom. The normalized spacial score (nSPS) is 15.5. The van der Waals surface area contributed by atoms with Crippen LogP contribution in [-0.2, 0) is 0 Å². The third-order valence-electron chi connectivity index (χ3n) is 13.1. The molecule has 0 saturated heterocycles. The molecule has 1 aliphatic carbocycles. The van der Waals surface area contributed by atoms with E-state index in [9.17, 15) is 0 Å². The van der Waals surface area contributed by atoms with E-state index in [4.69, 9.17) is 9.97 Å². The number of halogens is 6. The van der Waals surface area contributed by atoms with E-state index >= 15 is 26.3 Å². The quantitative estimate of drug-likeness (QED) is 0.127. The van der Waals surface area contributed by atoms with Crippen LogP contribution < -0.4 is 0 Å². The molecule has 0 radical (unpaired) electrons. The second kappa shape index (κ2) is 14.6. The van der Waals surface area contributed by atoms with Crippen molar-refractivity contribution in [3.8, 4) is 43.7 Å². The molecule has 0 fully saturated rings. The van der Waals surface area contributed by atoms with Crippen molar-refractivity contribution in [2.45, 2.75) is 31.6 Å². The Balaban J connectivity index is 0.857. The molecule has 0 spiro atoms. The first kappa shape index (κ1) is 41.4. The van der Waals surface area contributed by atoms with Crippen LogP contribution in [0.4, 0.5) is 26.3 Å². The third-order valence-corrected chi connectivity index (χ3v) is 15.3. The van der Waals surface area contributed by atoms with Crippen molar-refractivity contribution in [2.75, 3.05) is 0 Å². The summed E-state index contributed by atoms with van der Waals surface area (Å²) in [5.41, 5.74) is 5.05. The average molecular weight is 957 g/mol. The van der Waals surface area contributed by atoms with Gasteiger partial charge in [-0.05, 0) is 96.8 Å². The van der Waals surface area contributed by atoms with E-state index in [1.807, 2.05) is 48.5 Å². The van der Waals surface area contributed by atoms with E-state index < -0.39 is 28.9 Å². The first-order chi connectivity index (χ1) is 33.3. The number of hydrogen-bond acceptors (Lipinski definition) is 8. The highest BCUT2D eigenvalue weighted by Gasteiger charge is 2.80. The molecule has 0 unspecified atom stereocenters. The Labute approximate surface area is 394 Å². The van der Waals surface area contributed by atoms with Crippen LogP contribution in [0.25, 0.3) is 120 Å². The number of pyridine rings is 4. The van der Waals surface area contributed by atoms with Crippen molar-refractivity contribution in [3.63, 3.8) is 0 Å². The van der Waals surface area contributed by atoms with Crippen molar-refractivity contribution < 1.29 is 26.3 Å². The number of H-pyrrole nitrogens is 2. The number of rotatable bonds is 6. The lowest BCUT2D eigenvalue weighted by Gasteiger charge is -2.25. The molecule has 12 aromatic rings. The van der Waals surface area contributed by atoms with Gasteiger partial charge in [-0.1, -0.05) is 48.5 Å². The van der Waals surface area contributed by atoms with Gasteiger partial charge in [0.2, 0.25) is 0 Å². The summed E-state index contributed by atoms with van der Waals surface area (Å²) < 4.78 is 96.2. The predicted molar refractivity (Wildman–Crippen MR) is 262 cm³/mol. The first-order valence-corrected chi connectivity index (χ1v) is 23.3. The maximum absolute atomic E-state index is 16.2. The Kier molecular flexibility index (Phi) is 8.75. The molecular formula is C53H30F6N8S2. The van der Waals surface area contributed by atoms with Gasteiger partial charge in [-0.3, -0.25) is 19.9 Å². The Hall–Kier alpha value is -7.82. The molecule has 4 aromatic carbocycles. The number of nitrogens with zero attached hydrogens (tertiary/aromatic N) is 6. The van der Waals surface area contributed by atoms with Crippen LogP contribution in [0.2, 0.25) is 0 Å². The van der Waals surface area contributed by atoms with E-state index in [0.29, 0.717) is 32.5 Å². The van der Waals surface area contributed by atoms with Crippen LogP contribution in [0.5, 0.6) is 0 Å². The van der Waals surface area contributed by atoms with Crippen LogP contribution in [-0.4, -0.2) is 57.6 Å². The van der Waals surface area contributed by atoms with Gasteiger partial charge in [0.1, 0.15) is 11.6 Å². The van der Waals surface area contributed by atoms with Crippen molar-refractivity contribution in [1.82, 2.24) is 39.9 Å². The second-order valence-corrected chi connectivity index (χ2v) is 19.5. The monoisotopic (exact) mass is 956 g/mol. The van der Waals surface area contributed by atoms with Crippen molar-refractivity contribution in [2.24, 2.45) is 0 Å². The summed E-state index contributed by atoms with van der Waals surface area (Å²) in [5, 5.41) is 3.37. The number of allylic oxidation sites excluding steroid dienone is 2. The summed E-state index contributed by atoms with van der Waals surface area (Å²) in [5.74, 6) is -15.0. The van der Waals surface area contributed by atoms with Gasteiger partial charge in [-0.15, -0.1) is 22.7 Å². The lowest BCUT2D eigenvalue weighted by molar-refractivity contribution is -0.254. The zero-order valence-corrected chi connectivity index (χ0v) is 37.6. The number of alkyl halides is 6. The fourth-order valence-electron chi connectivity index (χ4n) is 9.72. The van der Waals surface area contributed by atoms with Gasteiger partial charge in [0.05, 0.1) is 44.1 Å². The summed E-state index contributed by atoms with van der Waals surface area (Å²) in [4.78, 5) is 36.2. The maximum Gasteiger partial charge on any atom is 0.380 e. The molecule has 8 nitrogen and oxygen atoms in total. The van der Waals surface area contributed by atoms with E-state index in [1.54, 1.807) is 73.3 Å². The van der Waals surface area contributed by atoms with Gasteiger partial charge in [0, 0.05) is 88.1 Å². The largest absolute Gasteiger partial charge is 0.380 e. The predicted octanol–water partition coefficient (Wildman–Crippen LogP) is 14.9. The van der Waals surface area contributed by atoms with Crippen LogP contribution >= 0.6 is 22.7 Å². The summed E-state index contributed by atoms with van der Waals surface area (Å²) in [6, 6.07) is 32.0. The van der Waals surface area contributed by atoms with Crippen molar-refractivity contribution >= 4 is 99.5 Å². The highest BCUT2D eigenvalue weighted by molar-refractivity contribution is 7.16. The number of hydrogen-bond donors (Lipinski definition) is 2. The molecule has 13 rings (SSSR count). The molecule has 0 aliphatic heterocycles. The van der Waals surface area contributed by atoms with Crippen LogP contribution in [0, 0.1) is 13.8 Å². The number of aromatic amines is 2. The SMILES string of the molecule is Cc1sc(-c2ccc(-c3nc4c5cccnc5c5ncccc5c4[nH]3)cc2)cc1C1=C(c2cc(-c3ccc(-c4nc5c6cccnc6c6ncccc6c5[nH]4)cc3)sc2C)C(F)(F)C(F)(F)C1(F)F. The average Bonchev–Trinajstić information content (AvgIpc) is 4.20. The molecule has 2 N–H and O–H groups in total. The van der Waals surface area contributed by atoms with Gasteiger partial charge in [0.15, 0.2) is 0 Å². The number of thiophene rings is 2. The molecule has 336 valence electrons. The molecule has 0 saturated carbocycles. The molecule has 16 heteroatoms. The maximum atomic E-state index is 16.2. The topological polar surface area (TPSA) is 109 Å². The number of benzene rings is 4. The fraction of sp³-hybridized carbons (Fsp3) is 0.0943. The highest BCUT2D eigenvalue weighted by atomic mass is 32.1. The molecule has 8 heterocycles. The van der Waals surface area contributed by atoms with E-state index in [-0.39, 0.29) is 20.9 Å². The summed E-state index contributed by atoms with van der Waals surface area (Å²) in [6.45, 7) is 2.96. The van der Waals surface area contributed by atoms with Crippen LogP contribution in [0.15, 0.2) is 134 Å². The van der Waals surface area contributed by atoms with E-state index in [2.05, 4.69) is 29.9 Å². The summed E-state index contributed by atoms with van der Waals surface area (Å²) >= 11 is 2.13. The summed E-state index contributed by atoms with van der Waals surface area (Å²) in [7, 11) is 0. The second-order valence-electron chi connectivity index (χ2n) is 17.0. The van der Waals surface area contributed by atoms with Crippen molar-refractivity contribution in [3.05, 3.63) is 155 Å². The van der Waals surface area contributed by atoms with Gasteiger partial charge in [-0.2, -0.15) is 26.3 Å². The van der Waals surface area contributed by atoms with Crippen LogP contribution in [0.1, 0.15) is 20.9 Å². The highest BCUT2D eigenvalue weighted by Crippen LogP contribution is 2.66. The van der Waals surface area contributed by atoms with Gasteiger partial charge in [0.25, 0.3) is 0 Å². The van der Waals surface area contributed by atoms with Gasteiger partial charge in [-0.25, -0.2) is 9.97 Å². The molecule has 0 atom stereocenters. The molecule has 69 heavy (non-hydrogen) atoms. The minimum atomic E-state index is -5.71. The first-order valence-electron chi connectivity index (χ1n) is 21.6. The van der Waals surface area contributed by atoms with E-state index in [1.165, 1.54) is 26.0 Å². The molecular weight excluding hydrogens is 927 g/mol.